The van der Waals surface area contributed by atoms with Crippen LogP contribution in [0.4, 0.5) is 0 Å². The molecule has 4 aromatic heterocycles. The molecule has 0 amide bonds. The van der Waals surface area contributed by atoms with Crippen LogP contribution in [0.3, 0.4) is 0 Å². The minimum Gasteiger partial charge on any atom is -0.456 e. The van der Waals surface area contributed by atoms with Crippen LogP contribution < -0.4 is 0 Å². The average molecular weight is 641 g/mol. The quantitative estimate of drug-likeness (QED) is 0.188. The standard InChI is InChI=1S/C46H28N2O2/c1-2-16-43-37(13-1)39-26-34(17-19-44(39)49-43)32-10-5-12-36(25-32)42-15-6-14-41(48-42)35-11-4-9-31(24-35)29-7-3-8-30(23-29)33-18-20-45-40(27-33)38-21-22-47-28-46(38)50-45/h1-28H. The Morgan fingerprint density at radius 2 is 0.780 bits per heavy atom. The number of aromatic nitrogens is 2. The number of hydrogen-bond donors (Lipinski definition) is 0. The Kier molecular flexibility index (Phi) is 6.46. The first-order valence-corrected chi connectivity index (χ1v) is 16.7. The maximum Gasteiger partial charge on any atom is 0.153 e. The van der Waals surface area contributed by atoms with Gasteiger partial charge in [-0.15, -0.1) is 0 Å². The summed E-state index contributed by atoms with van der Waals surface area (Å²) in [6.45, 7) is 0. The monoisotopic (exact) mass is 640 g/mol. The summed E-state index contributed by atoms with van der Waals surface area (Å²) in [7, 11) is 0. The van der Waals surface area contributed by atoms with E-state index in [-0.39, 0.29) is 0 Å². The lowest BCUT2D eigenvalue weighted by molar-refractivity contribution is 0.667. The molecule has 0 aliphatic heterocycles. The van der Waals surface area contributed by atoms with E-state index in [9.17, 15) is 0 Å². The number of hydrogen-bond acceptors (Lipinski definition) is 4. The van der Waals surface area contributed by atoms with Crippen molar-refractivity contribution in [2.24, 2.45) is 0 Å². The summed E-state index contributed by atoms with van der Waals surface area (Å²) in [6.07, 6.45) is 3.58. The molecule has 0 unspecified atom stereocenters. The van der Waals surface area contributed by atoms with Crippen LogP contribution in [0.2, 0.25) is 0 Å². The summed E-state index contributed by atoms with van der Waals surface area (Å²) < 4.78 is 12.1. The lowest BCUT2D eigenvalue weighted by Gasteiger charge is -2.10. The second-order valence-corrected chi connectivity index (χ2v) is 12.6. The zero-order chi connectivity index (χ0) is 33.0. The largest absolute Gasteiger partial charge is 0.456 e. The van der Waals surface area contributed by atoms with Crippen LogP contribution in [0.1, 0.15) is 0 Å². The van der Waals surface area contributed by atoms with Crippen molar-refractivity contribution >= 4 is 43.9 Å². The molecule has 0 fully saturated rings. The number of nitrogens with zero attached hydrogens (tertiary/aromatic N) is 2. The van der Waals surface area contributed by atoms with Crippen molar-refractivity contribution in [3.8, 4) is 55.9 Å². The lowest BCUT2D eigenvalue weighted by Crippen LogP contribution is -1.89. The number of para-hydroxylation sites is 1. The second-order valence-electron chi connectivity index (χ2n) is 12.6. The number of benzene rings is 6. The number of pyridine rings is 2. The zero-order valence-corrected chi connectivity index (χ0v) is 26.9. The third-order valence-corrected chi connectivity index (χ3v) is 9.58. The normalized spacial score (nSPS) is 11.6. The highest BCUT2D eigenvalue weighted by molar-refractivity contribution is 6.07. The molecule has 0 aliphatic carbocycles. The predicted octanol–water partition coefficient (Wildman–Crippen LogP) is 12.6. The van der Waals surface area contributed by atoms with E-state index >= 15 is 0 Å². The fourth-order valence-electron chi connectivity index (χ4n) is 7.07. The average Bonchev–Trinajstić information content (AvgIpc) is 3.76. The fraction of sp³-hybridized carbons (Fsp3) is 0. The molecule has 234 valence electrons. The van der Waals surface area contributed by atoms with E-state index in [1.54, 1.807) is 6.20 Å². The first-order valence-electron chi connectivity index (χ1n) is 16.7. The van der Waals surface area contributed by atoms with Gasteiger partial charge in [0.15, 0.2) is 5.58 Å². The Bertz CT molecular complexity index is 2700. The Balaban J connectivity index is 0.968. The lowest BCUT2D eigenvalue weighted by atomic mass is 9.96. The topological polar surface area (TPSA) is 52.1 Å². The van der Waals surface area contributed by atoms with Gasteiger partial charge < -0.3 is 8.83 Å². The zero-order valence-electron chi connectivity index (χ0n) is 26.9. The van der Waals surface area contributed by atoms with Crippen molar-refractivity contribution in [3.05, 3.63) is 170 Å². The number of rotatable bonds is 5. The third kappa shape index (κ3) is 4.85. The predicted molar refractivity (Wildman–Crippen MR) is 204 cm³/mol. The molecule has 0 spiro atoms. The molecule has 4 heterocycles. The van der Waals surface area contributed by atoms with Crippen LogP contribution in [0.25, 0.3) is 99.8 Å². The van der Waals surface area contributed by atoms with E-state index in [1.165, 1.54) is 0 Å². The smallest absolute Gasteiger partial charge is 0.153 e. The Hall–Kier alpha value is -6.78. The van der Waals surface area contributed by atoms with Crippen molar-refractivity contribution in [3.63, 3.8) is 0 Å². The van der Waals surface area contributed by atoms with Gasteiger partial charge in [-0.1, -0.05) is 91.0 Å². The van der Waals surface area contributed by atoms with E-state index < -0.39 is 0 Å². The van der Waals surface area contributed by atoms with E-state index in [2.05, 4.69) is 138 Å². The number of fused-ring (bicyclic) bond motifs is 6. The molecule has 0 atom stereocenters. The van der Waals surface area contributed by atoms with E-state index in [1.807, 2.05) is 30.5 Å². The molecule has 0 radical (unpaired) electrons. The molecule has 4 nitrogen and oxygen atoms in total. The second kappa shape index (κ2) is 11.4. The first-order chi connectivity index (χ1) is 24.7. The number of furan rings is 2. The van der Waals surface area contributed by atoms with Crippen LogP contribution in [-0.4, -0.2) is 9.97 Å². The van der Waals surface area contributed by atoms with Crippen LogP contribution in [0, 0.1) is 0 Å². The van der Waals surface area contributed by atoms with Gasteiger partial charge in [0.2, 0.25) is 0 Å². The summed E-state index contributed by atoms with van der Waals surface area (Å²) in [6, 6.07) is 55.2. The summed E-state index contributed by atoms with van der Waals surface area (Å²) >= 11 is 0. The first kappa shape index (κ1) is 28.3. The van der Waals surface area contributed by atoms with Gasteiger partial charge in [-0.25, -0.2) is 4.98 Å². The van der Waals surface area contributed by atoms with Gasteiger partial charge in [0.05, 0.1) is 17.6 Å². The minimum atomic E-state index is 0.802. The van der Waals surface area contributed by atoms with Crippen molar-refractivity contribution < 1.29 is 8.83 Å². The molecule has 0 bridgehead atoms. The van der Waals surface area contributed by atoms with Gasteiger partial charge in [-0.3, -0.25) is 4.98 Å². The van der Waals surface area contributed by atoms with Gasteiger partial charge in [-0.05, 0) is 100 Å². The molecule has 10 rings (SSSR count). The molecule has 0 saturated heterocycles. The van der Waals surface area contributed by atoms with Crippen LogP contribution in [-0.2, 0) is 0 Å². The van der Waals surface area contributed by atoms with Gasteiger partial charge >= 0.3 is 0 Å². The molecular formula is C46H28N2O2. The van der Waals surface area contributed by atoms with Gasteiger partial charge in [0.25, 0.3) is 0 Å². The summed E-state index contributed by atoms with van der Waals surface area (Å²) in [5.41, 5.74) is 14.4. The van der Waals surface area contributed by atoms with Crippen LogP contribution in [0.5, 0.6) is 0 Å². The molecule has 10 aromatic rings. The molecule has 0 N–H and O–H groups in total. The van der Waals surface area contributed by atoms with Gasteiger partial charge in [-0.2, -0.15) is 0 Å². The summed E-state index contributed by atoms with van der Waals surface area (Å²) in [5, 5.41) is 4.42. The van der Waals surface area contributed by atoms with Crippen LogP contribution in [0.15, 0.2) is 179 Å². The van der Waals surface area contributed by atoms with Crippen molar-refractivity contribution in [1.82, 2.24) is 9.97 Å². The Morgan fingerprint density at radius 3 is 1.40 bits per heavy atom. The molecular weight excluding hydrogens is 613 g/mol. The maximum atomic E-state index is 6.06. The fourth-order valence-corrected chi connectivity index (χ4v) is 7.07. The SMILES string of the molecule is c1cc(-c2cccc(-c3cccc(-c4cccc(-c5ccc6oc7ccccc7c6c5)c4)n3)c2)cc(-c2ccc3oc4cnccc4c3c2)c1. The third-order valence-electron chi connectivity index (χ3n) is 9.58. The Labute approximate surface area is 287 Å². The highest BCUT2D eigenvalue weighted by atomic mass is 16.3. The molecule has 0 saturated carbocycles. The molecule has 50 heavy (non-hydrogen) atoms. The van der Waals surface area contributed by atoms with E-state index in [0.717, 1.165) is 99.8 Å². The minimum absolute atomic E-state index is 0.802. The van der Waals surface area contributed by atoms with Crippen molar-refractivity contribution in [2.75, 3.05) is 0 Å². The molecule has 6 aromatic carbocycles. The van der Waals surface area contributed by atoms with Gasteiger partial charge in [0, 0.05) is 38.9 Å². The van der Waals surface area contributed by atoms with E-state index in [0.29, 0.717) is 0 Å². The van der Waals surface area contributed by atoms with Crippen molar-refractivity contribution in [2.45, 2.75) is 0 Å². The van der Waals surface area contributed by atoms with Crippen molar-refractivity contribution in [1.29, 1.82) is 0 Å². The van der Waals surface area contributed by atoms with Gasteiger partial charge in [0.1, 0.15) is 16.7 Å². The summed E-state index contributed by atoms with van der Waals surface area (Å²) in [4.78, 5) is 9.36. The van der Waals surface area contributed by atoms with E-state index in [4.69, 9.17) is 13.8 Å². The maximum absolute atomic E-state index is 6.06. The molecule has 4 heteroatoms. The summed E-state index contributed by atoms with van der Waals surface area (Å²) in [5.74, 6) is 0. The highest BCUT2D eigenvalue weighted by Gasteiger charge is 2.12. The highest BCUT2D eigenvalue weighted by Crippen LogP contribution is 2.36. The Morgan fingerprint density at radius 1 is 0.320 bits per heavy atom. The van der Waals surface area contributed by atoms with Crippen LogP contribution >= 0.6 is 0 Å². The molecule has 0 aliphatic rings.